The standard InChI is InChI=1S/C45H28N4O/c1-4-12-29(13-5-1)30-20-22-32(23-21-30)44-46-39(31-14-6-2-7-15-31)28-41(48-44)49-40-27-35-19-11-10-18-34(35)26-37(40)36-24-25-38-43(42(36)49)50-45(47-38)33-16-8-3-9-17-33/h1-28H. The Morgan fingerprint density at radius 3 is 1.76 bits per heavy atom. The van der Waals surface area contributed by atoms with Gasteiger partial charge < -0.3 is 4.42 Å². The zero-order chi connectivity index (χ0) is 33.0. The summed E-state index contributed by atoms with van der Waals surface area (Å²) >= 11 is 0. The van der Waals surface area contributed by atoms with Gasteiger partial charge in [-0.05, 0) is 58.3 Å². The highest BCUT2D eigenvalue weighted by Gasteiger charge is 2.22. The Morgan fingerprint density at radius 2 is 1.04 bits per heavy atom. The van der Waals surface area contributed by atoms with Crippen LogP contribution in [0.4, 0.5) is 0 Å². The third-order valence-corrected chi connectivity index (χ3v) is 9.43. The first-order chi connectivity index (χ1) is 24.8. The lowest BCUT2D eigenvalue weighted by molar-refractivity contribution is 0.621. The molecule has 0 amide bonds. The van der Waals surface area contributed by atoms with Gasteiger partial charge >= 0.3 is 0 Å². The molecule has 0 saturated heterocycles. The minimum atomic E-state index is 0.585. The van der Waals surface area contributed by atoms with Crippen LogP contribution in [0.3, 0.4) is 0 Å². The van der Waals surface area contributed by atoms with Crippen LogP contribution in [0.2, 0.25) is 0 Å². The minimum absolute atomic E-state index is 0.585. The van der Waals surface area contributed by atoms with Gasteiger partial charge in [0.25, 0.3) is 0 Å². The largest absolute Gasteiger partial charge is 0.434 e. The Morgan fingerprint density at radius 1 is 0.440 bits per heavy atom. The highest BCUT2D eigenvalue weighted by atomic mass is 16.3. The molecule has 3 heterocycles. The monoisotopic (exact) mass is 640 g/mol. The van der Waals surface area contributed by atoms with Crippen molar-refractivity contribution in [3.63, 3.8) is 0 Å². The zero-order valence-corrected chi connectivity index (χ0v) is 26.9. The van der Waals surface area contributed by atoms with Crippen molar-refractivity contribution in [1.82, 2.24) is 19.5 Å². The summed E-state index contributed by atoms with van der Waals surface area (Å²) in [7, 11) is 0. The summed E-state index contributed by atoms with van der Waals surface area (Å²) in [6.07, 6.45) is 0. The number of hydrogen-bond donors (Lipinski definition) is 0. The summed E-state index contributed by atoms with van der Waals surface area (Å²) < 4.78 is 8.90. The molecule has 0 aliphatic rings. The van der Waals surface area contributed by atoms with Gasteiger partial charge in [0.2, 0.25) is 5.89 Å². The van der Waals surface area contributed by atoms with Crippen molar-refractivity contribution < 1.29 is 4.42 Å². The van der Waals surface area contributed by atoms with E-state index < -0.39 is 0 Å². The number of oxazole rings is 1. The molecular weight excluding hydrogens is 613 g/mol. The van der Waals surface area contributed by atoms with E-state index in [0.717, 1.165) is 72.1 Å². The Labute approximate surface area is 287 Å². The van der Waals surface area contributed by atoms with Crippen molar-refractivity contribution >= 4 is 43.7 Å². The third-order valence-electron chi connectivity index (χ3n) is 9.43. The molecule has 0 bridgehead atoms. The van der Waals surface area contributed by atoms with E-state index >= 15 is 0 Å². The van der Waals surface area contributed by atoms with Gasteiger partial charge in [-0.1, -0.05) is 127 Å². The Balaban J connectivity index is 1.27. The first kappa shape index (κ1) is 28.2. The lowest BCUT2D eigenvalue weighted by atomic mass is 10.0. The van der Waals surface area contributed by atoms with Crippen molar-refractivity contribution in [1.29, 1.82) is 0 Å². The second-order valence-corrected chi connectivity index (χ2v) is 12.5. The Kier molecular flexibility index (Phi) is 6.42. The molecule has 0 N–H and O–H groups in total. The highest BCUT2D eigenvalue weighted by molar-refractivity contribution is 6.19. The number of benzene rings is 7. The van der Waals surface area contributed by atoms with Crippen LogP contribution in [0.25, 0.3) is 94.7 Å². The number of rotatable bonds is 5. The topological polar surface area (TPSA) is 56.7 Å². The molecule has 10 rings (SSSR count). The number of aromatic nitrogens is 4. The van der Waals surface area contributed by atoms with E-state index in [0.29, 0.717) is 11.7 Å². The SMILES string of the molecule is c1ccc(-c2ccc(-c3nc(-c4ccccc4)cc(-n4c5cc6ccccc6cc5c5ccc6nc(-c7ccccc7)oc6c54)n3)cc2)cc1. The maximum Gasteiger partial charge on any atom is 0.227 e. The van der Waals surface area contributed by atoms with Gasteiger partial charge in [0.1, 0.15) is 16.9 Å². The molecule has 50 heavy (non-hydrogen) atoms. The van der Waals surface area contributed by atoms with Gasteiger partial charge in [-0.3, -0.25) is 4.57 Å². The first-order valence-corrected chi connectivity index (χ1v) is 16.7. The van der Waals surface area contributed by atoms with E-state index in [4.69, 9.17) is 19.4 Å². The molecule has 0 atom stereocenters. The Hall–Kier alpha value is -6.85. The van der Waals surface area contributed by atoms with Crippen LogP contribution >= 0.6 is 0 Å². The molecule has 3 aromatic heterocycles. The molecule has 5 heteroatoms. The summed E-state index contributed by atoms with van der Waals surface area (Å²) in [4.78, 5) is 15.4. The lowest BCUT2D eigenvalue weighted by Gasteiger charge is -2.13. The molecule has 5 nitrogen and oxygen atoms in total. The predicted octanol–water partition coefficient (Wildman–Crippen LogP) is 11.5. The molecule has 7 aromatic carbocycles. The van der Waals surface area contributed by atoms with Crippen LogP contribution in [0.1, 0.15) is 0 Å². The maximum absolute atomic E-state index is 6.67. The molecule has 0 radical (unpaired) electrons. The van der Waals surface area contributed by atoms with Crippen molar-refractivity contribution in [3.8, 4) is 51.0 Å². The minimum Gasteiger partial charge on any atom is -0.434 e. The summed E-state index contributed by atoms with van der Waals surface area (Å²) in [6.45, 7) is 0. The second-order valence-electron chi connectivity index (χ2n) is 12.5. The molecule has 10 aromatic rings. The number of fused-ring (bicyclic) bond motifs is 6. The number of nitrogens with zero attached hydrogens (tertiary/aromatic N) is 4. The number of hydrogen-bond acceptors (Lipinski definition) is 4. The van der Waals surface area contributed by atoms with E-state index in [2.05, 4.69) is 120 Å². The molecule has 0 saturated carbocycles. The smallest absolute Gasteiger partial charge is 0.227 e. The summed E-state index contributed by atoms with van der Waals surface area (Å²) in [5.74, 6) is 1.98. The van der Waals surface area contributed by atoms with E-state index in [1.165, 1.54) is 10.9 Å². The van der Waals surface area contributed by atoms with Gasteiger partial charge in [-0.2, -0.15) is 0 Å². The van der Waals surface area contributed by atoms with E-state index in [-0.39, 0.29) is 0 Å². The van der Waals surface area contributed by atoms with Crippen molar-refractivity contribution in [2.24, 2.45) is 0 Å². The molecule has 0 fully saturated rings. The second kappa shape index (κ2) is 11.4. The van der Waals surface area contributed by atoms with Crippen LogP contribution in [0.5, 0.6) is 0 Å². The van der Waals surface area contributed by atoms with Crippen molar-refractivity contribution in [3.05, 3.63) is 170 Å². The van der Waals surface area contributed by atoms with Gasteiger partial charge in [-0.15, -0.1) is 0 Å². The molecule has 0 aliphatic carbocycles. The van der Waals surface area contributed by atoms with Crippen molar-refractivity contribution in [2.75, 3.05) is 0 Å². The Bertz CT molecular complexity index is 2840. The fourth-order valence-corrected chi connectivity index (χ4v) is 6.99. The van der Waals surface area contributed by atoms with Gasteiger partial charge in [0, 0.05) is 33.5 Å². The fourth-order valence-electron chi connectivity index (χ4n) is 6.99. The van der Waals surface area contributed by atoms with E-state index in [1.807, 2.05) is 54.6 Å². The molecule has 0 aliphatic heterocycles. The summed E-state index contributed by atoms with van der Waals surface area (Å²) in [6, 6.07) is 58.5. The normalized spacial score (nSPS) is 11.6. The quantitative estimate of drug-likeness (QED) is 0.188. The highest BCUT2D eigenvalue weighted by Crippen LogP contribution is 2.40. The van der Waals surface area contributed by atoms with E-state index in [9.17, 15) is 0 Å². The lowest BCUT2D eigenvalue weighted by Crippen LogP contribution is -2.02. The predicted molar refractivity (Wildman–Crippen MR) is 203 cm³/mol. The average Bonchev–Trinajstić information content (AvgIpc) is 3.77. The third kappa shape index (κ3) is 4.67. The average molecular weight is 641 g/mol. The van der Waals surface area contributed by atoms with Crippen LogP contribution in [-0.4, -0.2) is 19.5 Å². The van der Waals surface area contributed by atoms with Gasteiger partial charge in [-0.25, -0.2) is 15.0 Å². The molecule has 234 valence electrons. The molecule has 0 unspecified atom stereocenters. The maximum atomic E-state index is 6.67. The molecule has 0 spiro atoms. The fraction of sp³-hybridized carbons (Fsp3) is 0. The van der Waals surface area contributed by atoms with Crippen LogP contribution in [0, 0.1) is 0 Å². The first-order valence-electron chi connectivity index (χ1n) is 16.7. The van der Waals surface area contributed by atoms with Crippen LogP contribution in [-0.2, 0) is 0 Å². The van der Waals surface area contributed by atoms with Crippen molar-refractivity contribution in [2.45, 2.75) is 0 Å². The van der Waals surface area contributed by atoms with Gasteiger partial charge in [0.15, 0.2) is 11.4 Å². The van der Waals surface area contributed by atoms with E-state index in [1.54, 1.807) is 0 Å². The molecular formula is C45H28N4O. The van der Waals surface area contributed by atoms with Crippen LogP contribution < -0.4 is 0 Å². The van der Waals surface area contributed by atoms with Crippen LogP contribution in [0.15, 0.2) is 174 Å². The zero-order valence-electron chi connectivity index (χ0n) is 26.9. The summed E-state index contributed by atoms with van der Waals surface area (Å²) in [5.41, 5.74) is 9.49. The van der Waals surface area contributed by atoms with Gasteiger partial charge in [0.05, 0.1) is 11.2 Å². The summed E-state index contributed by atoms with van der Waals surface area (Å²) in [5, 5.41) is 4.51.